The summed E-state index contributed by atoms with van der Waals surface area (Å²) in [5.74, 6) is -1.81. The standard InChI is InChI=1S/C24H26O4/c25-23(14-21(24(26)27)16-8-2-1-3-9-16)28-15-22-19-12-6-4-10-17(19)18-11-5-7-13-20(18)22/h4-7,10-13,16,21-22H,1-3,8-9,14-15H2,(H,26,27)/t21-/m1/s1. The Kier molecular flexibility index (Phi) is 5.47. The van der Waals surface area contributed by atoms with Gasteiger partial charge in [-0.3, -0.25) is 9.59 Å². The number of rotatable bonds is 6. The van der Waals surface area contributed by atoms with Crippen molar-refractivity contribution in [3.63, 3.8) is 0 Å². The van der Waals surface area contributed by atoms with Crippen LogP contribution in [0.1, 0.15) is 55.6 Å². The first-order valence-electron chi connectivity index (χ1n) is 10.2. The van der Waals surface area contributed by atoms with E-state index in [0.29, 0.717) is 0 Å². The van der Waals surface area contributed by atoms with Gasteiger partial charge in [0.1, 0.15) is 6.61 Å². The fourth-order valence-electron chi connectivity index (χ4n) is 4.85. The summed E-state index contributed by atoms with van der Waals surface area (Å²) >= 11 is 0. The van der Waals surface area contributed by atoms with E-state index in [2.05, 4.69) is 24.3 Å². The van der Waals surface area contributed by atoms with Crippen molar-refractivity contribution in [1.82, 2.24) is 0 Å². The number of hydrogen-bond donors (Lipinski definition) is 1. The van der Waals surface area contributed by atoms with E-state index in [9.17, 15) is 14.7 Å². The maximum absolute atomic E-state index is 12.5. The van der Waals surface area contributed by atoms with Crippen LogP contribution in [0.25, 0.3) is 11.1 Å². The Morgan fingerprint density at radius 1 is 0.929 bits per heavy atom. The highest BCUT2D eigenvalue weighted by molar-refractivity contribution is 5.80. The molecule has 0 aliphatic heterocycles. The summed E-state index contributed by atoms with van der Waals surface area (Å²) in [6, 6.07) is 16.4. The molecular weight excluding hydrogens is 352 g/mol. The van der Waals surface area contributed by atoms with Gasteiger partial charge in [-0.05, 0) is 41.0 Å². The fraction of sp³-hybridized carbons (Fsp3) is 0.417. The second kappa shape index (κ2) is 8.17. The monoisotopic (exact) mass is 378 g/mol. The molecule has 2 aromatic carbocycles. The van der Waals surface area contributed by atoms with Crippen molar-refractivity contribution < 1.29 is 19.4 Å². The predicted molar refractivity (Wildman–Crippen MR) is 107 cm³/mol. The number of fused-ring (bicyclic) bond motifs is 3. The molecule has 0 unspecified atom stereocenters. The van der Waals surface area contributed by atoms with Crippen LogP contribution in [0.15, 0.2) is 48.5 Å². The molecule has 146 valence electrons. The third-order valence-corrected chi connectivity index (χ3v) is 6.30. The summed E-state index contributed by atoms with van der Waals surface area (Å²) in [4.78, 5) is 24.2. The third kappa shape index (κ3) is 3.68. The zero-order chi connectivity index (χ0) is 19.5. The molecule has 0 aromatic heterocycles. The molecule has 1 N–H and O–H groups in total. The summed E-state index contributed by atoms with van der Waals surface area (Å²) < 4.78 is 5.61. The normalized spacial score (nSPS) is 17.6. The Hall–Kier alpha value is -2.62. The predicted octanol–water partition coefficient (Wildman–Crippen LogP) is 5.01. The molecule has 2 aliphatic carbocycles. The van der Waals surface area contributed by atoms with Crippen LogP contribution in [0.5, 0.6) is 0 Å². The summed E-state index contributed by atoms with van der Waals surface area (Å²) in [6.45, 7) is 0.254. The van der Waals surface area contributed by atoms with Crippen molar-refractivity contribution in [3.8, 4) is 11.1 Å². The second-order valence-electron chi connectivity index (χ2n) is 7.96. The van der Waals surface area contributed by atoms with Gasteiger partial charge in [0.15, 0.2) is 0 Å². The molecule has 4 heteroatoms. The van der Waals surface area contributed by atoms with E-state index in [-0.39, 0.29) is 24.9 Å². The van der Waals surface area contributed by atoms with Gasteiger partial charge in [-0.1, -0.05) is 67.8 Å². The molecule has 1 fully saturated rings. The zero-order valence-electron chi connectivity index (χ0n) is 16.0. The number of hydrogen-bond acceptors (Lipinski definition) is 3. The lowest BCUT2D eigenvalue weighted by atomic mass is 9.78. The van der Waals surface area contributed by atoms with Crippen LogP contribution < -0.4 is 0 Å². The van der Waals surface area contributed by atoms with Gasteiger partial charge < -0.3 is 9.84 Å². The highest BCUT2D eigenvalue weighted by atomic mass is 16.5. The molecule has 0 saturated heterocycles. The van der Waals surface area contributed by atoms with Gasteiger partial charge in [-0.15, -0.1) is 0 Å². The minimum Gasteiger partial charge on any atom is -0.481 e. The van der Waals surface area contributed by atoms with Crippen molar-refractivity contribution >= 4 is 11.9 Å². The lowest BCUT2D eigenvalue weighted by Gasteiger charge is -2.27. The fourth-order valence-corrected chi connectivity index (χ4v) is 4.85. The quantitative estimate of drug-likeness (QED) is 0.718. The SMILES string of the molecule is O=C(C[C@@H](C(=O)O)C1CCCCC1)OCC1c2ccccc2-c2ccccc21. The average molecular weight is 378 g/mol. The summed E-state index contributed by atoms with van der Waals surface area (Å²) in [7, 11) is 0. The molecule has 4 rings (SSSR count). The Balaban J connectivity index is 1.44. The highest BCUT2D eigenvalue weighted by Crippen LogP contribution is 2.44. The van der Waals surface area contributed by atoms with Crippen molar-refractivity contribution in [3.05, 3.63) is 59.7 Å². The molecular formula is C24H26O4. The lowest BCUT2D eigenvalue weighted by molar-refractivity contribution is -0.154. The molecule has 2 aromatic rings. The first-order valence-corrected chi connectivity index (χ1v) is 10.2. The van der Waals surface area contributed by atoms with Crippen LogP contribution in [0.3, 0.4) is 0 Å². The number of carbonyl (C=O) groups excluding carboxylic acids is 1. The van der Waals surface area contributed by atoms with Gasteiger partial charge in [-0.2, -0.15) is 0 Å². The van der Waals surface area contributed by atoms with Gasteiger partial charge in [0.25, 0.3) is 0 Å². The van der Waals surface area contributed by atoms with Crippen LogP contribution in [-0.2, 0) is 14.3 Å². The highest BCUT2D eigenvalue weighted by Gasteiger charge is 2.33. The Bertz CT molecular complexity index is 821. The van der Waals surface area contributed by atoms with Crippen LogP contribution >= 0.6 is 0 Å². The molecule has 1 atom stereocenters. The third-order valence-electron chi connectivity index (χ3n) is 6.30. The number of aliphatic carboxylic acids is 1. The molecule has 4 nitrogen and oxygen atoms in total. The van der Waals surface area contributed by atoms with E-state index in [4.69, 9.17) is 4.74 Å². The first kappa shape index (κ1) is 18.7. The number of ether oxygens (including phenoxy) is 1. The molecule has 1 saturated carbocycles. The molecule has 0 bridgehead atoms. The van der Waals surface area contributed by atoms with Crippen molar-refractivity contribution in [2.45, 2.75) is 44.4 Å². The number of carbonyl (C=O) groups is 2. The molecule has 0 spiro atoms. The summed E-state index contributed by atoms with van der Waals surface area (Å²) in [6.07, 6.45) is 5.03. The van der Waals surface area contributed by atoms with Crippen molar-refractivity contribution in [1.29, 1.82) is 0 Å². The average Bonchev–Trinajstić information content (AvgIpc) is 3.05. The topological polar surface area (TPSA) is 63.6 Å². The van der Waals surface area contributed by atoms with Crippen LogP contribution in [0.4, 0.5) is 0 Å². The first-order chi connectivity index (χ1) is 13.6. The van der Waals surface area contributed by atoms with Crippen LogP contribution in [0.2, 0.25) is 0 Å². The summed E-state index contributed by atoms with van der Waals surface area (Å²) in [5, 5.41) is 9.61. The maximum atomic E-state index is 12.5. The van der Waals surface area contributed by atoms with Gasteiger partial charge in [-0.25, -0.2) is 0 Å². The largest absolute Gasteiger partial charge is 0.481 e. The Morgan fingerprint density at radius 3 is 2.07 bits per heavy atom. The number of carboxylic acid groups (broad SMARTS) is 1. The molecule has 28 heavy (non-hydrogen) atoms. The number of benzene rings is 2. The molecule has 0 heterocycles. The lowest BCUT2D eigenvalue weighted by Crippen LogP contribution is -2.29. The zero-order valence-corrected chi connectivity index (χ0v) is 16.0. The molecule has 0 amide bonds. The molecule has 2 aliphatic rings. The van der Waals surface area contributed by atoms with Gasteiger partial charge in [0, 0.05) is 5.92 Å². The van der Waals surface area contributed by atoms with E-state index in [1.807, 2.05) is 24.3 Å². The Labute approximate surface area is 165 Å². The van der Waals surface area contributed by atoms with Crippen LogP contribution in [0, 0.1) is 11.8 Å². The van der Waals surface area contributed by atoms with Crippen LogP contribution in [-0.4, -0.2) is 23.7 Å². The Morgan fingerprint density at radius 2 is 1.50 bits per heavy atom. The van der Waals surface area contributed by atoms with Crippen molar-refractivity contribution in [2.24, 2.45) is 11.8 Å². The van der Waals surface area contributed by atoms with Gasteiger partial charge in [0.2, 0.25) is 0 Å². The minimum absolute atomic E-state index is 0.00862. The van der Waals surface area contributed by atoms with E-state index in [1.54, 1.807) is 0 Å². The van der Waals surface area contributed by atoms with Crippen molar-refractivity contribution in [2.75, 3.05) is 6.61 Å². The number of carboxylic acids is 1. The minimum atomic E-state index is -0.875. The maximum Gasteiger partial charge on any atom is 0.307 e. The molecule has 0 radical (unpaired) electrons. The number of esters is 1. The smallest absolute Gasteiger partial charge is 0.307 e. The van der Waals surface area contributed by atoms with E-state index in [0.717, 1.165) is 32.1 Å². The second-order valence-corrected chi connectivity index (χ2v) is 7.96. The van der Waals surface area contributed by atoms with Gasteiger partial charge in [0.05, 0.1) is 12.3 Å². The van der Waals surface area contributed by atoms with E-state index < -0.39 is 17.9 Å². The van der Waals surface area contributed by atoms with Gasteiger partial charge >= 0.3 is 11.9 Å². The van der Waals surface area contributed by atoms with E-state index >= 15 is 0 Å². The summed E-state index contributed by atoms with van der Waals surface area (Å²) in [5.41, 5.74) is 4.70. The van der Waals surface area contributed by atoms with E-state index in [1.165, 1.54) is 22.3 Å².